The largest absolute Gasteiger partial charge is 0.389 e. The Bertz CT molecular complexity index is 776. The van der Waals surface area contributed by atoms with Crippen molar-refractivity contribution >= 4 is 55.5 Å². The Kier molecular flexibility index (Phi) is 5.17. The summed E-state index contributed by atoms with van der Waals surface area (Å²) in [5.74, 6) is -0.131. The molecule has 4 nitrogen and oxygen atoms in total. The van der Waals surface area contributed by atoms with E-state index >= 15 is 0 Å². The lowest BCUT2D eigenvalue weighted by Gasteiger charge is -2.10. The number of nitrogens with one attached hydrogen (secondary N) is 1. The van der Waals surface area contributed by atoms with Gasteiger partial charge >= 0.3 is 0 Å². The molecule has 2 aromatic rings. The SMILES string of the molecule is NC(=S)c1cccc(CS(=O)(=O)Nc2ccccc2I)c1. The third-order valence-corrected chi connectivity index (χ3v) is 5.13. The molecule has 21 heavy (non-hydrogen) atoms. The van der Waals surface area contributed by atoms with Gasteiger partial charge < -0.3 is 5.73 Å². The molecule has 0 saturated carbocycles. The van der Waals surface area contributed by atoms with Crippen molar-refractivity contribution in [2.24, 2.45) is 5.73 Å². The van der Waals surface area contributed by atoms with E-state index < -0.39 is 10.0 Å². The highest BCUT2D eigenvalue weighted by molar-refractivity contribution is 14.1. The Morgan fingerprint density at radius 2 is 1.90 bits per heavy atom. The van der Waals surface area contributed by atoms with Crippen LogP contribution in [0.5, 0.6) is 0 Å². The lowest BCUT2D eigenvalue weighted by molar-refractivity contribution is 0.600. The second kappa shape index (κ2) is 6.71. The smallest absolute Gasteiger partial charge is 0.236 e. The summed E-state index contributed by atoms with van der Waals surface area (Å²) in [5.41, 5.74) is 7.42. The van der Waals surface area contributed by atoms with E-state index in [1.807, 2.05) is 12.1 Å². The maximum Gasteiger partial charge on any atom is 0.236 e. The van der Waals surface area contributed by atoms with Crippen LogP contribution in [-0.4, -0.2) is 13.4 Å². The number of thiocarbonyl (C=S) groups is 1. The molecule has 2 rings (SSSR count). The molecule has 0 unspecified atom stereocenters. The van der Waals surface area contributed by atoms with E-state index in [2.05, 4.69) is 27.3 Å². The van der Waals surface area contributed by atoms with Gasteiger partial charge in [-0.05, 0) is 46.4 Å². The molecule has 0 aliphatic carbocycles. The van der Waals surface area contributed by atoms with Gasteiger partial charge in [0.05, 0.1) is 11.4 Å². The summed E-state index contributed by atoms with van der Waals surface area (Å²) in [6.45, 7) is 0. The second-order valence-electron chi connectivity index (χ2n) is 4.41. The molecule has 3 N–H and O–H groups in total. The van der Waals surface area contributed by atoms with Crippen molar-refractivity contribution in [3.63, 3.8) is 0 Å². The van der Waals surface area contributed by atoms with Gasteiger partial charge in [-0.2, -0.15) is 0 Å². The van der Waals surface area contributed by atoms with Crippen LogP contribution in [0.15, 0.2) is 48.5 Å². The number of nitrogens with two attached hydrogens (primary N) is 1. The van der Waals surface area contributed by atoms with Gasteiger partial charge in [0.15, 0.2) is 0 Å². The number of para-hydroxylation sites is 1. The summed E-state index contributed by atoms with van der Waals surface area (Å²) >= 11 is 6.98. The zero-order valence-corrected chi connectivity index (χ0v) is 14.7. The van der Waals surface area contributed by atoms with Crippen LogP contribution < -0.4 is 10.5 Å². The number of benzene rings is 2. The van der Waals surface area contributed by atoms with Crippen molar-refractivity contribution in [2.75, 3.05) is 4.72 Å². The summed E-state index contributed by atoms with van der Waals surface area (Å²) in [5, 5.41) is 0. The highest BCUT2D eigenvalue weighted by Gasteiger charge is 2.13. The van der Waals surface area contributed by atoms with Gasteiger partial charge in [0.25, 0.3) is 0 Å². The zero-order valence-electron chi connectivity index (χ0n) is 10.9. The zero-order chi connectivity index (χ0) is 15.5. The van der Waals surface area contributed by atoms with Gasteiger partial charge in [0.1, 0.15) is 4.99 Å². The molecular weight excluding hydrogens is 419 g/mol. The van der Waals surface area contributed by atoms with Gasteiger partial charge in [-0.3, -0.25) is 4.72 Å². The Balaban J connectivity index is 2.20. The summed E-state index contributed by atoms with van der Waals surface area (Å²) in [6, 6.07) is 14.1. The van der Waals surface area contributed by atoms with Crippen LogP contribution >= 0.6 is 34.8 Å². The third-order valence-electron chi connectivity index (χ3n) is 2.71. The normalized spacial score (nSPS) is 11.1. The van der Waals surface area contributed by atoms with E-state index in [-0.39, 0.29) is 10.7 Å². The first-order valence-corrected chi connectivity index (χ1v) is 9.15. The summed E-state index contributed by atoms with van der Waals surface area (Å²) in [6.07, 6.45) is 0. The summed E-state index contributed by atoms with van der Waals surface area (Å²) in [7, 11) is -3.49. The number of hydrogen-bond acceptors (Lipinski definition) is 3. The number of halogens is 1. The van der Waals surface area contributed by atoms with Crippen LogP contribution in [0.4, 0.5) is 5.69 Å². The molecule has 0 saturated heterocycles. The highest BCUT2D eigenvalue weighted by atomic mass is 127. The molecule has 0 heterocycles. The number of rotatable bonds is 5. The average molecular weight is 432 g/mol. The molecule has 0 spiro atoms. The Labute approximate surface area is 142 Å². The summed E-state index contributed by atoms with van der Waals surface area (Å²) < 4.78 is 27.9. The average Bonchev–Trinajstić information content (AvgIpc) is 2.41. The van der Waals surface area contributed by atoms with Crippen molar-refractivity contribution in [2.45, 2.75) is 5.75 Å². The predicted octanol–water partition coefficient (Wildman–Crippen LogP) is 2.87. The lowest BCUT2D eigenvalue weighted by Crippen LogP contribution is -2.16. The number of anilines is 1. The van der Waals surface area contributed by atoms with Crippen LogP contribution in [0.3, 0.4) is 0 Å². The third kappa shape index (κ3) is 4.65. The minimum absolute atomic E-state index is 0.131. The topological polar surface area (TPSA) is 72.2 Å². The molecule has 0 radical (unpaired) electrons. The fourth-order valence-electron chi connectivity index (χ4n) is 1.78. The molecule has 0 fully saturated rings. The maximum atomic E-state index is 12.2. The Morgan fingerprint density at radius 3 is 2.57 bits per heavy atom. The van der Waals surface area contributed by atoms with Gasteiger partial charge in [-0.15, -0.1) is 0 Å². The van der Waals surface area contributed by atoms with Gasteiger partial charge in [0, 0.05) is 9.13 Å². The van der Waals surface area contributed by atoms with Crippen LogP contribution in [0.25, 0.3) is 0 Å². The lowest BCUT2D eigenvalue weighted by atomic mass is 10.1. The molecule has 7 heteroatoms. The summed E-state index contributed by atoms with van der Waals surface area (Å²) in [4.78, 5) is 0.250. The number of hydrogen-bond donors (Lipinski definition) is 2. The maximum absolute atomic E-state index is 12.2. The molecule has 110 valence electrons. The molecule has 0 aliphatic heterocycles. The van der Waals surface area contributed by atoms with E-state index in [1.54, 1.807) is 36.4 Å². The van der Waals surface area contributed by atoms with E-state index in [0.717, 1.165) is 3.57 Å². The van der Waals surface area contributed by atoms with Crippen molar-refractivity contribution in [3.8, 4) is 0 Å². The van der Waals surface area contributed by atoms with E-state index in [1.165, 1.54) is 0 Å². The van der Waals surface area contributed by atoms with E-state index in [9.17, 15) is 8.42 Å². The van der Waals surface area contributed by atoms with Gasteiger partial charge in [0.2, 0.25) is 10.0 Å². The molecular formula is C14H13IN2O2S2. The highest BCUT2D eigenvalue weighted by Crippen LogP contribution is 2.19. The predicted molar refractivity (Wildman–Crippen MR) is 97.7 cm³/mol. The monoisotopic (exact) mass is 432 g/mol. The standard InChI is InChI=1S/C14H13IN2O2S2/c15-12-6-1-2-7-13(12)17-21(18,19)9-10-4-3-5-11(8-10)14(16)20/h1-8,17H,9H2,(H2,16,20). The van der Waals surface area contributed by atoms with E-state index in [4.69, 9.17) is 18.0 Å². The quantitative estimate of drug-likeness (QED) is 0.563. The fraction of sp³-hybridized carbons (Fsp3) is 0.0714. The number of sulfonamides is 1. The van der Waals surface area contributed by atoms with Crippen LogP contribution in [0.1, 0.15) is 11.1 Å². The van der Waals surface area contributed by atoms with E-state index in [0.29, 0.717) is 16.8 Å². The molecule has 0 atom stereocenters. The molecule has 2 aromatic carbocycles. The molecule has 0 amide bonds. The van der Waals surface area contributed by atoms with Crippen molar-refractivity contribution in [1.82, 2.24) is 0 Å². The van der Waals surface area contributed by atoms with Gasteiger partial charge in [-0.25, -0.2) is 8.42 Å². The minimum Gasteiger partial charge on any atom is -0.389 e. The minimum atomic E-state index is -3.49. The fourth-order valence-corrected chi connectivity index (χ4v) is 3.82. The molecule has 0 aliphatic rings. The van der Waals surface area contributed by atoms with Crippen molar-refractivity contribution < 1.29 is 8.42 Å². The van der Waals surface area contributed by atoms with Crippen LogP contribution in [-0.2, 0) is 15.8 Å². The Hall–Kier alpha value is -1.19. The first-order chi connectivity index (χ1) is 9.87. The molecule has 0 bridgehead atoms. The Morgan fingerprint density at radius 1 is 1.19 bits per heavy atom. The van der Waals surface area contributed by atoms with Crippen LogP contribution in [0, 0.1) is 3.57 Å². The first kappa shape index (κ1) is 16.2. The van der Waals surface area contributed by atoms with Crippen LogP contribution in [0.2, 0.25) is 0 Å². The van der Waals surface area contributed by atoms with Crippen molar-refractivity contribution in [3.05, 3.63) is 63.2 Å². The van der Waals surface area contributed by atoms with Crippen molar-refractivity contribution in [1.29, 1.82) is 0 Å². The van der Waals surface area contributed by atoms with Gasteiger partial charge in [-0.1, -0.05) is 42.5 Å². The second-order valence-corrected chi connectivity index (χ2v) is 7.73. The first-order valence-electron chi connectivity index (χ1n) is 6.01. The molecule has 0 aromatic heterocycles.